The normalized spacial score (nSPS) is 18.1. The molecule has 0 spiro atoms. The Kier molecular flexibility index (Phi) is 5.50. The second-order valence-electron chi connectivity index (χ2n) is 7.50. The van der Waals surface area contributed by atoms with Gasteiger partial charge in [0.15, 0.2) is 0 Å². The molecular formula is C20H26N4O3S. The summed E-state index contributed by atoms with van der Waals surface area (Å²) >= 11 is 0. The Hall–Kier alpha value is -2.19. The number of nitrogens with one attached hydrogen (secondary N) is 1. The molecule has 0 radical (unpaired) electrons. The number of sulfonamides is 1. The highest BCUT2D eigenvalue weighted by Crippen LogP contribution is 2.38. The Balaban J connectivity index is 1.34. The monoisotopic (exact) mass is 402 g/mol. The third-order valence-corrected chi connectivity index (χ3v) is 7.31. The third-order valence-electron chi connectivity index (χ3n) is 5.40. The van der Waals surface area contributed by atoms with Gasteiger partial charge in [0.25, 0.3) is 5.91 Å². The maximum Gasteiger partial charge on any atom is 0.251 e. The molecule has 28 heavy (non-hydrogen) atoms. The minimum absolute atomic E-state index is 0.199. The Morgan fingerprint density at radius 1 is 1.11 bits per heavy atom. The molecule has 1 aromatic heterocycles. The summed E-state index contributed by atoms with van der Waals surface area (Å²) in [5.41, 5.74) is 0.464. The Morgan fingerprint density at radius 2 is 1.82 bits per heavy atom. The Morgan fingerprint density at radius 3 is 2.50 bits per heavy atom. The minimum Gasteiger partial charge on any atom is -0.350 e. The highest BCUT2D eigenvalue weighted by molar-refractivity contribution is 7.89. The van der Waals surface area contributed by atoms with Gasteiger partial charge in [0, 0.05) is 50.1 Å². The van der Waals surface area contributed by atoms with E-state index in [9.17, 15) is 13.2 Å². The average molecular weight is 403 g/mol. The van der Waals surface area contributed by atoms with Crippen LogP contribution in [0.4, 0.5) is 0 Å². The Bertz CT molecular complexity index is 927. The highest BCUT2D eigenvalue weighted by Gasteiger charge is 2.28. The maximum atomic E-state index is 12.7. The summed E-state index contributed by atoms with van der Waals surface area (Å²) in [5.74, 6) is 1.47. The predicted octanol–water partition coefficient (Wildman–Crippen LogP) is 2.37. The van der Waals surface area contributed by atoms with Crippen molar-refractivity contribution in [2.75, 3.05) is 19.6 Å². The number of imidazole rings is 1. The fourth-order valence-electron chi connectivity index (χ4n) is 3.64. The van der Waals surface area contributed by atoms with Crippen molar-refractivity contribution in [2.24, 2.45) is 0 Å². The number of carbonyl (C=O) groups is 1. The lowest BCUT2D eigenvalue weighted by molar-refractivity contribution is 0.0952. The van der Waals surface area contributed by atoms with Crippen LogP contribution < -0.4 is 5.32 Å². The van der Waals surface area contributed by atoms with E-state index in [-0.39, 0.29) is 10.8 Å². The molecule has 2 aliphatic rings. The zero-order valence-corrected chi connectivity index (χ0v) is 16.7. The molecule has 1 saturated heterocycles. The summed E-state index contributed by atoms with van der Waals surface area (Å²) in [6, 6.07) is 6.22. The molecule has 1 amide bonds. The number of aromatic nitrogens is 2. The summed E-state index contributed by atoms with van der Waals surface area (Å²) in [6.07, 6.45) is 9.01. The SMILES string of the molecule is O=C(NCCn1ccnc1C1CC1)c1ccc(S(=O)(=O)N2CCCCC2)cc1. The predicted molar refractivity (Wildman–Crippen MR) is 106 cm³/mol. The van der Waals surface area contributed by atoms with E-state index in [0.717, 1.165) is 25.1 Å². The van der Waals surface area contributed by atoms with Crippen molar-refractivity contribution < 1.29 is 13.2 Å². The number of amides is 1. The van der Waals surface area contributed by atoms with Crippen LogP contribution in [0.3, 0.4) is 0 Å². The van der Waals surface area contributed by atoms with E-state index in [4.69, 9.17) is 0 Å². The fraction of sp³-hybridized carbons (Fsp3) is 0.500. The molecule has 1 aromatic carbocycles. The molecule has 150 valence electrons. The van der Waals surface area contributed by atoms with Crippen molar-refractivity contribution in [2.45, 2.75) is 49.5 Å². The number of nitrogens with zero attached hydrogens (tertiary/aromatic N) is 3. The van der Waals surface area contributed by atoms with Crippen molar-refractivity contribution in [3.8, 4) is 0 Å². The van der Waals surface area contributed by atoms with Crippen LogP contribution in [0.15, 0.2) is 41.6 Å². The summed E-state index contributed by atoms with van der Waals surface area (Å²) in [6.45, 7) is 2.32. The summed E-state index contributed by atoms with van der Waals surface area (Å²) in [4.78, 5) is 17.0. The summed E-state index contributed by atoms with van der Waals surface area (Å²) in [5, 5.41) is 2.90. The molecule has 1 aliphatic heterocycles. The van der Waals surface area contributed by atoms with Crippen molar-refractivity contribution in [3.63, 3.8) is 0 Å². The molecule has 0 unspecified atom stereocenters. The first kappa shape index (κ1) is 19.1. The first-order chi connectivity index (χ1) is 13.6. The van der Waals surface area contributed by atoms with Gasteiger partial charge in [-0.3, -0.25) is 4.79 Å². The number of benzene rings is 1. The lowest BCUT2D eigenvalue weighted by Crippen LogP contribution is -2.35. The molecule has 4 rings (SSSR count). The Labute approximate surface area is 165 Å². The summed E-state index contributed by atoms with van der Waals surface area (Å²) in [7, 11) is -3.47. The molecule has 1 saturated carbocycles. The van der Waals surface area contributed by atoms with Crippen LogP contribution in [0, 0.1) is 0 Å². The van der Waals surface area contributed by atoms with Crippen LogP contribution >= 0.6 is 0 Å². The van der Waals surface area contributed by atoms with Crippen molar-refractivity contribution in [3.05, 3.63) is 48.0 Å². The number of carbonyl (C=O) groups excluding carboxylic acids is 1. The van der Waals surface area contributed by atoms with E-state index in [2.05, 4.69) is 14.9 Å². The number of hydrogen-bond acceptors (Lipinski definition) is 4. The topological polar surface area (TPSA) is 84.3 Å². The van der Waals surface area contributed by atoms with E-state index in [0.29, 0.717) is 37.7 Å². The molecule has 8 heteroatoms. The van der Waals surface area contributed by atoms with Gasteiger partial charge in [-0.15, -0.1) is 0 Å². The van der Waals surface area contributed by atoms with Crippen LogP contribution in [0.5, 0.6) is 0 Å². The van der Waals surface area contributed by atoms with E-state index in [1.165, 1.54) is 29.3 Å². The number of hydrogen-bond donors (Lipinski definition) is 1. The average Bonchev–Trinajstić information content (AvgIpc) is 3.47. The molecule has 0 atom stereocenters. The van der Waals surface area contributed by atoms with E-state index >= 15 is 0 Å². The van der Waals surface area contributed by atoms with E-state index in [1.54, 1.807) is 18.3 Å². The van der Waals surface area contributed by atoms with Gasteiger partial charge in [0.05, 0.1) is 4.90 Å². The molecule has 7 nitrogen and oxygen atoms in total. The first-order valence-electron chi connectivity index (χ1n) is 9.95. The van der Waals surface area contributed by atoms with Gasteiger partial charge in [0.1, 0.15) is 5.82 Å². The van der Waals surface area contributed by atoms with Gasteiger partial charge in [-0.1, -0.05) is 6.42 Å². The van der Waals surface area contributed by atoms with Crippen molar-refractivity contribution >= 4 is 15.9 Å². The molecule has 1 N–H and O–H groups in total. The van der Waals surface area contributed by atoms with Gasteiger partial charge >= 0.3 is 0 Å². The third kappa shape index (κ3) is 4.12. The molecule has 2 aromatic rings. The van der Waals surface area contributed by atoms with Gasteiger partial charge < -0.3 is 9.88 Å². The molecule has 1 aliphatic carbocycles. The minimum atomic E-state index is -3.47. The van der Waals surface area contributed by atoms with Gasteiger partial charge in [0.2, 0.25) is 10.0 Å². The van der Waals surface area contributed by atoms with Crippen LogP contribution in [0.2, 0.25) is 0 Å². The van der Waals surface area contributed by atoms with Gasteiger partial charge in [-0.2, -0.15) is 4.31 Å². The second kappa shape index (κ2) is 8.05. The summed E-state index contributed by atoms with van der Waals surface area (Å²) < 4.78 is 29.0. The van der Waals surface area contributed by atoms with E-state index in [1.807, 2.05) is 6.20 Å². The molecular weight excluding hydrogens is 376 g/mol. The first-order valence-corrected chi connectivity index (χ1v) is 11.4. The lowest BCUT2D eigenvalue weighted by atomic mass is 10.2. The number of piperidine rings is 1. The van der Waals surface area contributed by atoms with Crippen molar-refractivity contribution in [1.82, 2.24) is 19.2 Å². The van der Waals surface area contributed by atoms with Gasteiger partial charge in [-0.25, -0.2) is 13.4 Å². The molecule has 0 bridgehead atoms. The lowest BCUT2D eigenvalue weighted by Gasteiger charge is -2.25. The highest BCUT2D eigenvalue weighted by atomic mass is 32.2. The van der Waals surface area contributed by atoms with Crippen LogP contribution in [-0.4, -0.2) is 47.8 Å². The standard InChI is InChI=1S/C20H26N4O3S/c25-20(22-11-15-23-14-10-21-19(23)16-4-5-16)17-6-8-18(9-7-17)28(26,27)24-12-2-1-3-13-24/h6-10,14,16H,1-5,11-13,15H2,(H,22,25). The number of rotatable bonds is 7. The zero-order valence-electron chi connectivity index (χ0n) is 15.9. The van der Waals surface area contributed by atoms with Crippen LogP contribution in [0.25, 0.3) is 0 Å². The molecule has 2 fully saturated rings. The largest absolute Gasteiger partial charge is 0.350 e. The van der Waals surface area contributed by atoms with Gasteiger partial charge in [-0.05, 0) is 49.9 Å². The smallest absolute Gasteiger partial charge is 0.251 e. The fourth-order valence-corrected chi connectivity index (χ4v) is 5.15. The van der Waals surface area contributed by atoms with Crippen molar-refractivity contribution in [1.29, 1.82) is 0 Å². The van der Waals surface area contributed by atoms with E-state index < -0.39 is 10.0 Å². The molecule has 2 heterocycles. The van der Waals surface area contributed by atoms with Crippen LogP contribution in [-0.2, 0) is 16.6 Å². The quantitative estimate of drug-likeness (QED) is 0.771. The maximum absolute atomic E-state index is 12.7. The zero-order chi connectivity index (χ0) is 19.6. The second-order valence-corrected chi connectivity index (χ2v) is 9.44. The van der Waals surface area contributed by atoms with Crippen LogP contribution in [0.1, 0.15) is 54.2 Å².